The normalized spacial score (nSPS) is 10.8. The molecule has 0 unspecified atom stereocenters. The highest BCUT2D eigenvalue weighted by atomic mass is 79.9. The van der Waals surface area contributed by atoms with Gasteiger partial charge in [-0.1, -0.05) is 40.7 Å². The van der Waals surface area contributed by atoms with Gasteiger partial charge in [-0.25, -0.2) is 0 Å². The predicted octanol–water partition coefficient (Wildman–Crippen LogP) is 4.61. The van der Waals surface area contributed by atoms with Crippen molar-refractivity contribution >= 4 is 27.7 Å². The second kappa shape index (κ2) is 6.45. The maximum Gasteiger partial charge on any atom is 0.114 e. The Labute approximate surface area is 120 Å². The number of nitrogens with one attached hydrogen (secondary N) is 1. The van der Waals surface area contributed by atoms with Crippen LogP contribution < -0.4 is 5.32 Å². The number of furan rings is 1. The fourth-order valence-corrected chi connectivity index (χ4v) is 3.15. The molecule has 0 fully saturated rings. The molecule has 0 spiro atoms. The van der Waals surface area contributed by atoms with Gasteiger partial charge in [0, 0.05) is 15.9 Å². The highest BCUT2D eigenvalue weighted by Gasteiger charge is 2.08. The summed E-state index contributed by atoms with van der Waals surface area (Å²) in [6.45, 7) is 5.98. The highest BCUT2D eigenvalue weighted by Crippen LogP contribution is 2.34. The van der Waals surface area contributed by atoms with Gasteiger partial charge in [-0.3, -0.25) is 0 Å². The predicted molar refractivity (Wildman–Crippen MR) is 79.1 cm³/mol. The number of benzene rings is 1. The van der Waals surface area contributed by atoms with Crippen LogP contribution in [0, 0.1) is 6.92 Å². The highest BCUT2D eigenvalue weighted by molar-refractivity contribution is 9.10. The zero-order valence-corrected chi connectivity index (χ0v) is 12.9. The summed E-state index contributed by atoms with van der Waals surface area (Å²) >= 11 is 5.28. The van der Waals surface area contributed by atoms with E-state index in [9.17, 15) is 0 Å². The summed E-state index contributed by atoms with van der Waals surface area (Å²) in [6.07, 6.45) is 1.74. The largest absolute Gasteiger partial charge is 0.468 e. The van der Waals surface area contributed by atoms with Gasteiger partial charge in [-0.05, 0) is 37.2 Å². The van der Waals surface area contributed by atoms with Crippen molar-refractivity contribution in [3.8, 4) is 0 Å². The molecule has 0 aliphatic heterocycles. The lowest BCUT2D eigenvalue weighted by atomic mass is 10.2. The van der Waals surface area contributed by atoms with E-state index in [-0.39, 0.29) is 0 Å². The molecule has 0 saturated carbocycles. The Balaban J connectivity index is 2.24. The SMILES string of the molecule is CCNCc1ccc(Br)cc1Sc1ccoc1C. The van der Waals surface area contributed by atoms with Gasteiger partial charge in [-0.2, -0.15) is 0 Å². The average molecular weight is 326 g/mol. The molecule has 1 N–H and O–H groups in total. The first-order valence-electron chi connectivity index (χ1n) is 5.91. The van der Waals surface area contributed by atoms with Crippen molar-refractivity contribution in [2.45, 2.75) is 30.2 Å². The molecule has 0 atom stereocenters. The smallest absolute Gasteiger partial charge is 0.114 e. The molecule has 1 aromatic heterocycles. The minimum Gasteiger partial charge on any atom is -0.468 e. The first-order chi connectivity index (χ1) is 8.70. The molecule has 1 heterocycles. The Kier molecular flexibility index (Phi) is 4.92. The number of rotatable bonds is 5. The fraction of sp³-hybridized carbons (Fsp3) is 0.286. The molecule has 96 valence electrons. The van der Waals surface area contributed by atoms with Gasteiger partial charge in [0.1, 0.15) is 5.76 Å². The summed E-state index contributed by atoms with van der Waals surface area (Å²) in [4.78, 5) is 2.43. The van der Waals surface area contributed by atoms with E-state index < -0.39 is 0 Å². The van der Waals surface area contributed by atoms with Gasteiger partial charge in [0.25, 0.3) is 0 Å². The number of aryl methyl sites for hydroxylation is 1. The van der Waals surface area contributed by atoms with Crippen LogP contribution in [0.4, 0.5) is 0 Å². The summed E-state index contributed by atoms with van der Waals surface area (Å²) in [6, 6.07) is 8.41. The van der Waals surface area contributed by atoms with Crippen molar-refractivity contribution in [2.75, 3.05) is 6.54 Å². The molecule has 0 radical (unpaired) electrons. The Morgan fingerprint density at radius 3 is 2.78 bits per heavy atom. The van der Waals surface area contributed by atoms with Crippen LogP contribution in [0.15, 0.2) is 49.2 Å². The van der Waals surface area contributed by atoms with Gasteiger partial charge in [0.2, 0.25) is 0 Å². The summed E-state index contributed by atoms with van der Waals surface area (Å²) in [5.74, 6) is 0.967. The monoisotopic (exact) mass is 325 g/mol. The molecule has 0 aliphatic carbocycles. The number of halogens is 1. The van der Waals surface area contributed by atoms with Gasteiger partial charge < -0.3 is 9.73 Å². The number of hydrogen-bond donors (Lipinski definition) is 1. The molecule has 0 aliphatic rings. The zero-order valence-electron chi connectivity index (χ0n) is 10.5. The Bertz CT molecular complexity index is 524. The van der Waals surface area contributed by atoms with Crippen LogP contribution in [-0.2, 0) is 6.54 Å². The molecule has 2 aromatic rings. The van der Waals surface area contributed by atoms with Gasteiger partial charge in [-0.15, -0.1) is 0 Å². The lowest BCUT2D eigenvalue weighted by Crippen LogP contribution is -2.12. The average Bonchev–Trinajstić information content (AvgIpc) is 2.74. The van der Waals surface area contributed by atoms with E-state index in [0.29, 0.717) is 0 Å². The third kappa shape index (κ3) is 3.40. The second-order valence-electron chi connectivity index (χ2n) is 3.98. The summed E-state index contributed by atoms with van der Waals surface area (Å²) < 4.78 is 6.44. The summed E-state index contributed by atoms with van der Waals surface area (Å²) in [7, 11) is 0. The molecule has 4 heteroatoms. The Morgan fingerprint density at radius 1 is 1.28 bits per heavy atom. The topological polar surface area (TPSA) is 25.2 Å². The molecule has 1 aromatic carbocycles. The molecule has 18 heavy (non-hydrogen) atoms. The number of hydrogen-bond acceptors (Lipinski definition) is 3. The third-order valence-corrected chi connectivity index (χ3v) is 4.36. The maximum absolute atomic E-state index is 5.34. The Morgan fingerprint density at radius 2 is 2.11 bits per heavy atom. The van der Waals surface area contributed by atoms with E-state index in [1.165, 1.54) is 15.4 Å². The molecule has 2 rings (SSSR count). The quantitative estimate of drug-likeness (QED) is 0.868. The first kappa shape index (κ1) is 13.7. The van der Waals surface area contributed by atoms with E-state index >= 15 is 0 Å². The van der Waals surface area contributed by atoms with Crippen LogP contribution in [0.3, 0.4) is 0 Å². The van der Waals surface area contributed by atoms with Crippen molar-refractivity contribution in [3.05, 3.63) is 46.3 Å². The van der Waals surface area contributed by atoms with Crippen LogP contribution in [0.5, 0.6) is 0 Å². The molecule has 0 amide bonds. The standard InChI is InChI=1S/C14H16BrNOS/c1-3-16-9-11-4-5-12(15)8-14(11)18-13-6-7-17-10(13)2/h4-8,16H,3,9H2,1-2H3. The van der Waals surface area contributed by atoms with E-state index in [2.05, 4.69) is 46.4 Å². The van der Waals surface area contributed by atoms with Gasteiger partial charge in [0.05, 0.1) is 11.2 Å². The van der Waals surface area contributed by atoms with Crippen molar-refractivity contribution in [1.29, 1.82) is 0 Å². The van der Waals surface area contributed by atoms with Crippen LogP contribution in [-0.4, -0.2) is 6.54 Å². The maximum atomic E-state index is 5.34. The van der Waals surface area contributed by atoms with Crippen molar-refractivity contribution in [2.24, 2.45) is 0 Å². The summed E-state index contributed by atoms with van der Waals surface area (Å²) in [5.41, 5.74) is 1.31. The van der Waals surface area contributed by atoms with Crippen molar-refractivity contribution < 1.29 is 4.42 Å². The van der Waals surface area contributed by atoms with Crippen LogP contribution in [0.25, 0.3) is 0 Å². The summed E-state index contributed by atoms with van der Waals surface area (Å²) in [5, 5.41) is 3.37. The zero-order chi connectivity index (χ0) is 13.0. The molecule has 0 saturated heterocycles. The molecular formula is C14H16BrNOS. The van der Waals surface area contributed by atoms with Crippen molar-refractivity contribution in [3.63, 3.8) is 0 Å². The van der Waals surface area contributed by atoms with E-state index in [4.69, 9.17) is 4.42 Å². The second-order valence-corrected chi connectivity index (χ2v) is 5.97. The van der Waals surface area contributed by atoms with Gasteiger partial charge in [0.15, 0.2) is 0 Å². The third-order valence-electron chi connectivity index (χ3n) is 2.63. The minimum atomic E-state index is 0.892. The lowest BCUT2D eigenvalue weighted by Gasteiger charge is -2.09. The van der Waals surface area contributed by atoms with Crippen LogP contribution >= 0.6 is 27.7 Å². The molecule has 2 nitrogen and oxygen atoms in total. The first-order valence-corrected chi connectivity index (χ1v) is 7.52. The Hall–Kier alpha value is -0.710. The van der Waals surface area contributed by atoms with E-state index in [1.807, 2.05) is 13.0 Å². The van der Waals surface area contributed by atoms with Crippen LogP contribution in [0.1, 0.15) is 18.2 Å². The van der Waals surface area contributed by atoms with Crippen molar-refractivity contribution in [1.82, 2.24) is 5.32 Å². The van der Waals surface area contributed by atoms with E-state index in [1.54, 1.807) is 18.0 Å². The van der Waals surface area contributed by atoms with E-state index in [0.717, 1.165) is 23.3 Å². The minimum absolute atomic E-state index is 0.892. The molecule has 0 bridgehead atoms. The fourth-order valence-electron chi connectivity index (χ4n) is 1.63. The lowest BCUT2D eigenvalue weighted by molar-refractivity contribution is 0.527. The van der Waals surface area contributed by atoms with Gasteiger partial charge >= 0.3 is 0 Å². The van der Waals surface area contributed by atoms with Crippen LogP contribution in [0.2, 0.25) is 0 Å². The molecular weight excluding hydrogens is 310 g/mol.